The van der Waals surface area contributed by atoms with Gasteiger partial charge in [0.1, 0.15) is 0 Å². The predicted molar refractivity (Wildman–Crippen MR) is 107 cm³/mol. The molecule has 2 rings (SSSR count). The lowest BCUT2D eigenvalue weighted by Crippen LogP contribution is -2.27. The number of hydrogen-bond donors (Lipinski definition) is 2. The molecule has 0 heterocycles. The lowest BCUT2D eigenvalue weighted by atomic mass is 10.0. The molecule has 0 bridgehead atoms. The lowest BCUT2D eigenvalue weighted by Gasteiger charge is -2.17. The molecule has 0 fully saturated rings. The standard InChI is InChI=1S/C20H24N2O5S/c1-5-7-15-10-16(12-18(26-3)19(15)27-4)20(23)22-13(2)14-8-6-9-17(11-14)28(21,24)25/h5-6,8-13H,1,7H2,2-4H3,(H,22,23)(H2,21,24,25)/t13-/m1/s1. The van der Waals surface area contributed by atoms with Crippen LogP contribution in [0, 0.1) is 0 Å². The Morgan fingerprint density at radius 1 is 1.25 bits per heavy atom. The number of methoxy groups -OCH3 is 2. The quantitative estimate of drug-likeness (QED) is 0.658. The first-order valence-corrected chi connectivity index (χ1v) is 10.0. The van der Waals surface area contributed by atoms with E-state index in [1.807, 2.05) is 0 Å². The van der Waals surface area contributed by atoms with Crippen LogP contribution in [-0.4, -0.2) is 28.5 Å². The van der Waals surface area contributed by atoms with Crippen LogP contribution in [0.4, 0.5) is 0 Å². The van der Waals surface area contributed by atoms with Gasteiger partial charge in [-0.25, -0.2) is 13.6 Å². The summed E-state index contributed by atoms with van der Waals surface area (Å²) in [6.07, 6.45) is 2.22. The second kappa shape index (κ2) is 8.90. The molecule has 28 heavy (non-hydrogen) atoms. The van der Waals surface area contributed by atoms with Crippen molar-refractivity contribution in [3.63, 3.8) is 0 Å². The molecule has 7 nitrogen and oxygen atoms in total. The van der Waals surface area contributed by atoms with E-state index in [0.717, 1.165) is 5.56 Å². The van der Waals surface area contributed by atoms with Gasteiger partial charge < -0.3 is 14.8 Å². The highest BCUT2D eigenvalue weighted by molar-refractivity contribution is 7.89. The summed E-state index contributed by atoms with van der Waals surface area (Å²) in [6.45, 7) is 5.48. The fourth-order valence-corrected chi connectivity index (χ4v) is 3.37. The molecule has 0 aliphatic rings. The van der Waals surface area contributed by atoms with Gasteiger partial charge in [-0.05, 0) is 43.2 Å². The maximum Gasteiger partial charge on any atom is 0.251 e. The van der Waals surface area contributed by atoms with Crippen molar-refractivity contribution in [3.05, 3.63) is 65.7 Å². The van der Waals surface area contributed by atoms with Gasteiger partial charge in [-0.15, -0.1) is 6.58 Å². The van der Waals surface area contributed by atoms with E-state index in [2.05, 4.69) is 11.9 Å². The summed E-state index contributed by atoms with van der Waals surface area (Å²) in [7, 11) is -0.790. The molecule has 1 amide bonds. The highest BCUT2D eigenvalue weighted by atomic mass is 32.2. The van der Waals surface area contributed by atoms with Crippen molar-refractivity contribution < 1.29 is 22.7 Å². The van der Waals surface area contributed by atoms with E-state index in [0.29, 0.717) is 29.0 Å². The zero-order valence-corrected chi connectivity index (χ0v) is 16.9. The summed E-state index contributed by atoms with van der Waals surface area (Å²) in [4.78, 5) is 12.7. The monoisotopic (exact) mass is 404 g/mol. The van der Waals surface area contributed by atoms with E-state index < -0.39 is 16.1 Å². The number of nitrogens with two attached hydrogens (primary N) is 1. The third-order valence-corrected chi connectivity index (χ3v) is 5.13. The van der Waals surface area contributed by atoms with E-state index in [4.69, 9.17) is 14.6 Å². The highest BCUT2D eigenvalue weighted by Crippen LogP contribution is 2.33. The predicted octanol–water partition coefficient (Wildman–Crippen LogP) is 2.57. The zero-order chi connectivity index (χ0) is 20.9. The molecule has 1 atom stereocenters. The van der Waals surface area contributed by atoms with Gasteiger partial charge in [-0.1, -0.05) is 18.2 Å². The number of allylic oxidation sites excluding steroid dienone is 1. The van der Waals surface area contributed by atoms with Crippen molar-refractivity contribution in [3.8, 4) is 11.5 Å². The largest absolute Gasteiger partial charge is 0.493 e. The summed E-state index contributed by atoms with van der Waals surface area (Å²) < 4.78 is 33.8. The zero-order valence-electron chi connectivity index (χ0n) is 16.1. The highest BCUT2D eigenvalue weighted by Gasteiger charge is 2.18. The molecule has 0 saturated carbocycles. The minimum Gasteiger partial charge on any atom is -0.493 e. The molecule has 2 aromatic rings. The summed E-state index contributed by atoms with van der Waals surface area (Å²) in [5.41, 5.74) is 1.78. The summed E-state index contributed by atoms with van der Waals surface area (Å²) in [5, 5.41) is 8.03. The van der Waals surface area contributed by atoms with Gasteiger partial charge in [0, 0.05) is 11.1 Å². The minimum atomic E-state index is -3.82. The number of amides is 1. The topological polar surface area (TPSA) is 108 Å². The fraction of sp³-hybridized carbons (Fsp3) is 0.250. The van der Waals surface area contributed by atoms with Crippen LogP contribution in [0.3, 0.4) is 0 Å². The van der Waals surface area contributed by atoms with Gasteiger partial charge in [0.15, 0.2) is 11.5 Å². The molecule has 0 unspecified atom stereocenters. The Hall–Kier alpha value is -2.84. The van der Waals surface area contributed by atoms with Crippen LogP contribution in [0.5, 0.6) is 11.5 Å². The Morgan fingerprint density at radius 3 is 2.54 bits per heavy atom. The van der Waals surface area contributed by atoms with E-state index in [1.165, 1.54) is 26.4 Å². The molecule has 150 valence electrons. The first-order chi connectivity index (χ1) is 13.2. The second-order valence-corrected chi connectivity index (χ2v) is 7.74. The molecule has 0 spiro atoms. The third-order valence-electron chi connectivity index (χ3n) is 4.22. The molecule has 0 aliphatic heterocycles. The van der Waals surface area contributed by atoms with Gasteiger partial charge in [0.25, 0.3) is 5.91 Å². The number of sulfonamides is 1. The van der Waals surface area contributed by atoms with E-state index >= 15 is 0 Å². The first-order valence-electron chi connectivity index (χ1n) is 8.50. The molecular formula is C20H24N2O5S. The number of carbonyl (C=O) groups excluding carboxylic acids is 1. The normalized spacial score (nSPS) is 12.1. The SMILES string of the molecule is C=CCc1cc(C(=O)N[C@H](C)c2cccc(S(N)(=O)=O)c2)cc(OC)c1OC. The number of rotatable bonds is 8. The average Bonchev–Trinajstić information content (AvgIpc) is 2.66. The number of benzene rings is 2. The molecule has 0 aromatic heterocycles. The molecular weight excluding hydrogens is 380 g/mol. The van der Waals surface area contributed by atoms with Gasteiger partial charge in [0.05, 0.1) is 25.2 Å². The number of primary sulfonamides is 1. The first kappa shape index (κ1) is 21.5. The van der Waals surface area contributed by atoms with Crippen molar-refractivity contribution in [2.24, 2.45) is 5.14 Å². The third kappa shape index (κ3) is 4.90. The number of ether oxygens (including phenoxy) is 2. The molecule has 0 saturated heterocycles. The maximum atomic E-state index is 12.8. The van der Waals surface area contributed by atoms with Crippen LogP contribution in [0.1, 0.15) is 34.5 Å². The summed E-state index contributed by atoms with van der Waals surface area (Å²) >= 11 is 0. The van der Waals surface area contributed by atoms with Gasteiger partial charge in [-0.2, -0.15) is 0 Å². The van der Waals surface area contributed by atoms with Crippen LogP contribution in [-0.2, 0) is 16.4 Å². The Bertz CT molecular complexity index is 986. The molecule has 2 aromatic carbocycles. The molecule has 8 heteroatoms. The van der Waals surface area contributed by atoms with Crippen molar-refractivity contribution in [1.82, 2.24) is 5.32 Å². The van der Waals surface area contributed by atoms with E-state index in [9.17, 15) is 13.2 Å². The van der Waals surface area contributed by atoms with Crippen LogP contribution >= 0.6 is 0 Å². The van der Waals surface area contributed by atoms with Crippen molar-refractivity contribution >= 4 is 15.9 Å². The lowest BCUT2D eigenvalue weighted by molar-refractivity contribution is 0.0939. The van der Waals surface area contributed by atoms with Crippen molar-refractivity contribution in [2.75, 3.05) is 14.2 Å². The van der Waals surface area contributed by atoms with Gasteiger partial charge in [0.2, 0.25) is 10.0 Å². The van der Waals surface area contributed by atoms with E-state index in [1.54, 1.807) is 37.3 Å². The number of nitrogens with one attached hydrogen (secondary N) is 1. The number of carbonyl (C=O) groups is 1. The van der Waals surface area contributed by atoms with Gasteiger partial charge in [-0.3, -0.25) is 4.79 Å². The van der Waals surface area contributed by atoms with Crippen LogP contribution in [0.2, 0.25) is 0 Å². The Balaban J connectivity index is 2.32. The van der Waals surface area contributed by atoms with Crippen molar-refractivity contribution in [1.29, 1.82) is 0 Å². The van der Waals surface area contributed by atoms with E-state index in [-0.39, 0.29) is 10.8 Å². The van der Waals surface area contributed by atoms with Crippen LogP contribution in [0.25, 0.3) is 0 Å². The Morgan fingerprint density at radius 2 is 1.96 bits per heavy atom. The van der Waals surface area contributed by atoms with Crippen molar-refractivity contribution in [2.45, 2.75) is 24.3 Å². The maximum absolute atomic E-state index is 12.8. The second-order valence-electron chi connectivity index (χ2n) is 6.18. The Labute approximate surface area is 165 Å². The minimum absolute atomic E-state index is 0.00881. The van der Waals surface area contributed by atoms with Gasteiger partial charge >= 0.3 is 0 Å². The average molecular weight is 404 g/mol. The molecule has 0 aliphatic carbocycles. The summed E-state index contributed by atoms with van der Waals surface area (Å²) in [6, 6.07) is 9.01. The summed E-state index contributed by atoms with van der Waals surface area (Å²) in [5.74, 6) is 0.656. The fourth-order valence-electron chi connectivity index (χ4n) is 2.81. The van der Waals surface area contributed by atoms with Crippen LogP contribution < -0.4 is 19.9 Å². The Kier molecular flexibility index (Phi) is 6.82. The smallest absolute Gasteiger partial charge is 0.251 e. The molecule has 0 radical (unpaired) electrons. The number of hydrogen-bond acceptors (Lipinski definition) is 5. The van der Waals surface area contributed by atoms with Crippen LogP contribution in [0.15, 0.2) is 53.9 Å². The molecule has 3 N–H and O–H groups in total.